The van der Waals surface area contributed by atoms with Crippen LogP contribution in [0.2, 0.25) is 0 Å². The lowest BCUT2D eigenvalue weighted by atomic mass is 9.80. The van der Waals surface area contributed by atoms with Crippen molar-refractivity contribution >= 4 is 17.6 Å². The van der Waals surface area contributed by atoms with Crippen molar-refractivity contribution in [3.63, 3.8) is 0 Å². The van der Waals surface area contributed by atoms with Crippen LogP contribution in [0.3, 0.4) is 0 Å². The number of non-ortho nitro benzene ring substituents is 1. The number of esters is 2. The highest BCUT2D eigenvalue weighted by atomic mass is 16.6. The van der Waals surface area contributed by atoms with Gasteiger partial charge in [0.15, 0.2) is 0 Å². The zero-order valence-electron chi connectivity index (χ0n) is 26.1. The van der Waals surface area contributed by atoms with Gasteiger partial charge in [-0.1, -0.05) is 72.8 Å². The Hall–Kier alpha value is -4.76. The highest BCUT2D eigenvalue weighted by Crippen LogP contribution is 2.41. The summed E-state index contributed by atoms with van der Waals surface area (Å²) >= 11 is 0. The summed E-state index contributed by atoms with van der Waals surface area (Å²) in [6, 6.07) is 27.0. The van der Waals surface area contributed by atoms with E-state index >= 15 is 0 Å². The van der Waals surface area contributed by atoms with E-state index in [0.29, 0.717) is 29.9 Å². The van der Waals surface area contributed by atoms with Crippen LogP contribution in [0.4, 0.5) is 5.69 Å². The topological polar surface area (TPSA) is 111 Å². The van der Waals surface area contributed by atoms with Gasteiger partial charge in [0.1, 0.15) is 5.60 Å². The first kappa shape index (κ1) is 31.7. The van der Waals surface area contributed by atoms with Gasteiger partial charge in [-0.15, -0.1) is 0 Å². The van der Waals surface area contributed by atoms with E-state index in [-0.39, 0.29) is 22.8 Å². The summed E-state index contributed by atoms with van der Waals surface area (Å²) in [5.41, 5.74) is 3.54. The first-order valence-corrected chi connectivity index (χ1v) is 15.2. The Morgan fingerprint density at radius 1 is 0.956 bits per heavy atom. The minimum atomic E-state index is -0.898. The summed E-state index contributed by atoms with van der Waals surface area (Å²) in [6.07, 6.45) is 1.56. The second-order valence-corrected chi connectivity index (χ2v) is 12.0. The number of methoxy groups -OCH3 is 1. The largest absolute Gasteiger partial charge is 0.466 e. The van der Waals surface area contributed by atoms with Crippen LogP contribution in [0.1, 0.15) is 62.1 Å². The van der Waals surface area contributed by atoms with Gasteiger partial charge < -0.3 is 14.8 Å². The Labute approximate surface area is 263 Å². The van der Waals surface area contributed by atoms with Crippen molar-refractivity contribution in [2.75, 3.05) is 26.7 Å². The van der Waals surface area contributed by atoms with Gasteiger partial charge in [-0.05, 0) is 50.4 Å². The fourth-order valence-corrected chi connectivity index (χ4v) is 6.58. The number of hydrogen-bond acceptors (Lipinski definition) is 8. The first-order valence-electron chi connectivity index (χ1n) is 15.2. The van der Waals surface area contributed by atoms with E-state index in [2.05, 4.69) is 58.7 Å². The van der Waals surface area contributed by atoms with Crippen LogP contribution in [0, 0.1) is 10.1 Å². The van der Waals surface area contributed by atoms with Crippen molar-refractivity contribution in [2.24, 2.45) is 0 Å². The normalized spacial score (nSPS) is 20.2. The third kappa shape index (κ3) is 6.99. The lowest BCUT2D eigenvalue weighted by Crippen LogP contribution is -2.39. The molecular formula is C36H39N3O6. The zero-order chi connectivity index (χ0) is 32.1. The molecule has 3 aromatic carbocycles. The molecule has 2 atom stereocenters. The summed E-state index contributed by atoms with van der Waals surface area (Å²) in [6.45, 7) is 7.57. The smallest absolute Gasteiger partial charge is 0.337 e. The molecule has 2 aliphatic rings. The first-order chi connectivity index (χ1) is 21.6. The lowest BCUT2D eigenvalue weighted by molar-refractivity contribution is -0.384. The minimum absolute atomic E-state index is 0.138. The number of dihydropyridines is 1. The number of rotatable bonds is 10. The van der Waals surface area contributed by atoms with Crippen molar-refractivity contribution in [1.29, 1.82) is 0 Å². The SMILES string of the molecule is COC(=O)C1=C(C)NC(C)=C(C(=O)O[C@@]2(C)CCN(CCC(c3ccccc3)c3ccccc3)C2)[C@H]1c1cccc([N+](=O)[O-])c1. The Kier molecular flexibility index (Phi) is 9.48. The highest BCUT2D eigenvalue weighted by Gasteiger charge is 2.43. The molecule has 2 aliphatic heterocycles. The number of carbonyl (C=O) groups is 2. The number of nitro groups is 1. The maximum Gasteiger partial charge on any atom is 0.337 e. The molecule has 234 valence electrons. The van der Waals surface area contributed by atoms with E-state index in [4.69, 9.17) is 9.47 Å². The fourth-order valence-electron chi connectivity index (χ4n) is 6.58. The van der Waals surface area contributed by atoms with E-state index in [9.17, 15) is 19.7 Å². The molecule has 0 radical (unpaired) electrons. The van der Waals surface area contributed by atoms with Gasteiger partial charge in [-0.25, -0.2) is 9.59 Å². The molecule has 1 saturated heterocycles. The number of carbonyl (C=O) groups excluding carboxylic acids is 2. The molecule has 1 N–H and O–H groups in total. The molecule has 0 saturated carbocycles. The van der Waals surface area contributed by atoms with E-state index in [1.54, 1.807) is 26.0 Å². The van der Waals surface area contributed by atoms with Crippen molar-refractivity contribution in [3.05, 3.63) is 134 Å². The Bertz CT molecular complexity index is 1600. The zero-order valence-corrected chi connectivity index (χ0v) is 26.1. The number of likely N-dealkylation sites (tertiary alicyclic amines) is 1. The Morgan fingerprint density at radius 3 is 2.13 bits per heavy atom. The molecule has 0 aliphatic carbocycles. The standard InChI is InChI=1S/C36H39N3O6/c1-24-31(34(40)44-4)33(28-16-11-17-29(22-28)39(42)43)32(25(2)37-24)35(41)45-36(3)19-21-38(23-36)20-18-30(26-12-7-5-8-13-26)27-14-9-6-10-15-27/h5-17,22,30,33,37H,18-21,23H2,1-4H3/t33-,36-/m0/s1. The van der Waals surface area contributed by atoms with E-state index in [1.165, 1.54) is 30.4 Å². The number of allylic oxidation sites excluding steroid dienone is 2. The highest BCUT2D eigenvalue weighted by molar-refractivity contribution is 6.00. The van der Waals surface area contributed by atoms with Gasteiger partial charge in [0.05, 0.1) is 29.1 Å². The molecule has 0 spiro atoms. The van der Waals surface area contributed by atoms with Crippen LogP contribution in [-0.2, 0) is 19.1 Å². The molecule has 3 aromatic rings. The van der Waals surface area contributed by atoms with Crippen LogP contribution in [0.15, 0.2) is 107 Å². The monoisotopic (exact) mass is 609 g/mol. The molecule has 0 amide bonds. The number of hydrogen-bond donors (Lipinski definition) is 1. The second kappa shape index (κ2) is 13.5. The molecule has 0 bridgehead atoms. The molecule has 9 heteroatoms. The number of benzene rings is 3. The number of nitro benzene ring substituents is 1. The molecular weight excluding hydrogens is 570 g/mol. The van der Waals surface area contributed by atoms with Crippen molar-refractivity contribution < 1.29 is 24.0 Å². The molecule has 1 fully saturated rings. The maximum atomic E-state index is 14.0. The van der Waals surface area contributed by atoms with Crippen LogP contribution < -0.4 is 5.32 Å². The average Bonchev–Trinajstić information content (AvgIpc) is 3.41. The Balaban J connectivity index is 1.35. The summed E-state index contributed by atoms with van der Waals surface area (Å²) in [7, 11) is 1.27. The van der Waals surface area contributed by atoms with Gasteiger partial charge in [-0.2, -0.15) is 0 Å². The van der Waals surface area contributed by atoms with Crippen molar-refractivity contribution in [3.8, 4) is 0 Å². The second-order valence-electron chi connectivity index (χ2n) is 12.0. The molecule has 5 rings (SSSR count). The predicted octanol–water partition coefficient (Wildman–Crippen LogP) is 6.23. The molecule has 45 heavy (non-hydrogen) atoms. The van der Waals surface area contributed by atoms with Crippen LogP contribution >= 0.6 is 0 Å². The average molecular weight is 610 g/mol. The van der Waals surface area contributed by atoms with E-state index in [0.717, 1.165) is 19.5 Å². The van der Waals surface area contributed by atoms with Gasteiger partial charge in [0.25, 0.3) is 5.69 Å². The van der Waals surface area contributed by atoms with Gasteiger partial charge in [-0.3, -0.25) is 15.0 Å². The van der Waals surface area contributed by atoms with Crippen LogP contribution in [0.25, 0.3) is 0 Å². The molecule has 0 unspecified atom stereocenters. The van der Waals surface area contributed by atoms with Crippen LogP contribution in [0.5, 0.6) is 0 Å². The number of nitrogens with zero attached hydrogens (tertiary/aromatic N) is 2. The molecule has 0 aromatic heterocycles. The minimum Gasteiger partial charge on any atom is -0.466 e. The van der Waals surface area contributed by atoms with Gasteiger partial charge >= 0.3 is 11.9 Å². The number of nitrogens with one attached hydrogen (secondary N) is 1. The summed E-state index contributed by atoms with van der Waals surface area (Å²) < 4.78 is 11.3. The van der Waals surface area contributed by atoms with Gasteiger partial charge in [0, 0.05) is 49.0 Å². The van der Waals surface area contributed by atoms with Crippen LogP contribution in [-0.4, -0.2) is 54.1 Å². The number of ether oxygens (including phenoxy) is 2. The summed E-state index contributed by atoms with van der Waals surface area (Å²) in [4.78, 5) is 40.5. The third-order valence-corrected chi connectivity index (χ3v) is 8.79. The third-order valence-electron chi connectivity index (χ3n) is 8.79. The van der Waals surface area contributed by atoms with E-state index < -0.39 is 28.4 Å². The summed E-state index contributed by atoms with van der Waals surface area (Å²) in [5.74, 6) is -1.85. The quantitative estimate of drug-likeness (QED) is 0.164. The maximum absolute atomic E-state index is 14.0. The van der Waals surface area contributed by atoms with E-state index in [1.807, 2.05) is 19.1 Å². The van der Waals surface area contributed by atoms with Crippen molar-refractivity contribution in [1.82, 2.24) is 10.2 Å². The molecule has 9 nitrogen and oxygen atoms in total. The molecule has 2 heterocycles. The lowest BCUT2D eigenvalue weighted by Gasteiger charge is -2.33. The predicted molar refractivity (Wildman–Crippen MR) is 171 cm³/mol. The Morgan fingerprint density at radius 2 is 1.56 bits per heavy atom. The summed E-state index contributed by atoms with van der Waals surface area (Å²) in [5, 5.41) is 14.7. The van der Waals surface area contributed by atoms with Crippen molar-refractivity contribution in [2.45, 2.75) is 51.0 Å². The van der Waals surface area contributed by atoms with Gasteiger partial charge in [0.2, 0.25) is 0 Å². The fraction of sp³-hybridized carbons (Fsp3) is 0.333.